The molecule has 1 spiro atoms. The molecule has 4 saturated carbocycles. The van der Waals surface area contributed by atoms with Gasteiger partial charge in [0.15, 0.2) is 5.78 Å². The van der Waals surface area contributed by atoms with Crippen molar-refractivity contribution in [3.05, 3.63) is 12.2 Å². The molecule has 6 bridgehead atoms. The highest BCUT2D eigenvalue weighted by Crippen LogP contribution is 2.75. The number of fused-ring (bicyclic) bond motifs is 2. The second-order valence-corrected chi connectivity index (χ2v) is 10.3. The molecule has 4 aliphatic carbocycles. The SMILES string of the molecule is C=C1C(=O)[C@]23C[C@H]1CC[C@H]2[C@]1(C)[C@@H]2OO[C@]3(O)[C@@H](O)[C@@H]1C(C)(C)C[C@@H]2N. The summed E-state index contributed by atoms with van der Waals surface area (Å²) in [6.07, 6.45) is 1.10. The van der Waals surface area contributed by atoms with Gasteiger partial charge in [0.2, 0.25) is 5.79 Å². The predicted molar refractivity (Wildman–Crippen MR) is 92.3 cm³/mol. The Morgan fingerprint density at radius 1 is 1.23 bits per heavy atom. The van der Waals surface area contributed by atoms with Crippen molar-refractivity contribution in [1.82, 2.24) is 0 Å². The number of Topliss-reactive ketones (excluding diaryl/α,β-unsaturated/α-hetero) is 1. The van der Waals surface area contributed by atoms with Crippen LogP contribution < -0.4 is 5.73 Å². The fourth-order valence-corrected chi connectivity index (χ4v) is 8.09. The highest BCUT2D eigenvalue weighted by molar-refractivity contribution is 6.04. The molecule has 6 aliphatic rings. The first-order valence-corrected chi connectivity index (χ1v) is 9.76. The molecule has 4 N–H and O–H groups in total. The molecule has 0 aromatic heterocycles. The summed E-state index contributed by atoms with van der Waals surface area (Å²) in [7, 11) is 0. The standard InChI is InChI=1S/C20H29NO5/c1-9-10-5-6-12-18(4)13-15(23)20(24,19(12,7-10)14(9)22)26-25-16(18)11(21)8-17(13,2)3/h10-13,15-16,23-24H,1,5-8,21H2,2-4H3/t10-,11+,12+,13-,15+,16-,18+,19+,20-/m1/s1. The fourth-order valence-electron chi connectivity index (χ4n) is 8.09. The second-order valence-electron chi connectivity index (χ2n) is 10.3. The number of hydrogen-bond acceptors (Lipinski definition) is 6. The van der Waals surface area contributed by atoms with Gasteiger partial charge in [-0.3, -0.25) is 4.79 Å². The maximum absolute atomic E-state index is 13.4. The molecule has 0 unspecified atom stereocenters. The van der Waals surface area contributed by atoms with Crippen molar-refractivity contribution in [3.8, 4) is 0 Å². The molecule has 6 nitrogen and oxygen atoms in total. The number of rotatable bonds is 0. The minimum Gasteiger partial charge on any atom is -0.387 e. The molecule has 2 heterocycles. The van der Waals surface area contributed by atoms with Gasteiger partial charge in [0.25, 0.3) is 0 Å². The Balaban J connectivity index is 1.81. The van der Waals surface area contributed by atoms with E-state index in [9.17, 15) is 15.0 Å². The zero-order chi connectivity index (χ0) is 18.9. The molecule has 0 radical (unpaired) electrons. The average molecular weight is 363 g/mol. The molecule has 6 heteroatoms. The van der Waals surface area contributed by atoms with Gasteiger partial charge in [-0.2, -0.15) is 4.89 Å². The van der Waals surface area contributed by atoms with Crippen LogP contribution in [0.2, 0.25) is 0 Å². The van der Waals surface area contributed by atoms with E-state index in [1.807, 2.05) is 0 Å². The monoisotopic (exact) mass is 363 g/mol. The Bertz CT molecular complexity index is 721. The Morgan fingerprint density at radius 3 is 2.62 bits per heavy atom. The number of ketones is 1. The number of carbonyl (C=O) groups is 1. The Labute approximate surface area is 153 Å². The van der Waals surface area contributed by atoms with E-state index in [4.69, 9.17) is 15.5 Å². The van der Waals surface area contributed by atoms with Gasteiger partial charge < -0.3 is 15.9 Å². The summed E-state index contributed by atoms with van der Waals surface area (Å²) in [4.78, 5) is 24.8. The van der Waals surface area contributed by atoms with Gasteiger partial charge in [-0.15, -0.1) is 0 Å². The van der Waals surface area contributed by atoms with Crippen LogP contribution in [0.1, 0.15) is 46.5 Å². The molecule has 6 fully saturated rings. The van der Waals surface area contributed by atoms with Crippen molar-refractivity contribution in [1.29, 1.82) is 0 Å². The van der Waals surface area contributed by atoms with Crippen molar-refractivity contribution in [2.24, 2.45) is 39.7 Å². The molecule has 0 aromatic carbocycles. The van der Waals surface area contributed by atoms with Gasteiger partial charge in [0.05, 0.1) is 5.41 Å². The van der Waals surface area contributed by atoms with Crippen molar-refractivity contribution in [2.75, 3.05) is 0 Å². The molecule has 0 aromatic rings. The van der Waals surface area contributed by atoms with Gasteiger partial charge in [0, 0.05) is 17.4 Å². The van der Waals surface area contributed by atoms with Crippen LogP contribution >= 0.6 is 0 Å². The second kappa shape index (κ2) is 4.61. The van der Waals surface area contributed by atoms with E-state index in [-0.39, 0.29) is 35.0 Å². The molecule has 26 heavy (non-hydrogen) atoms. The lowest BCUT2D eigenvalue weighted by atomic mass is 9.37. The van der Waals surface area contributed by atoms with Crippen LogP contribution in [0.25, 0.3) is 0 Å². The normalized spacial score (nSPS) is 59.9. The summed E-state index contributed by atoms with van der Waals surface area (Å²) in [5, 5.41) is 23.1. The Morgan fingerprint density at radius 2 is 1.92 bits per heavy atom. The van der Waals surface area contributed by atoms with Gasteiger partial charge in [0.1, 0.15) is 12.2 Å². The summed E-state index contributed by atoms with van der Waals surface area (Å²) < 4.78 is 0. The van der Waals surface area contributed by atoms with Crippen molar-refractivity contribution in [3.63, 3.8) is 0 Å². The van der Waals surface area contributed by atoms with E-state index in [1.165, 1.54) is 0 Å². The number of allylic oxidation sites excluding steroid dienone is 1. The molecule has 0 amide bonds. The summed E-state index contributed by atoms with van der Waals surface area (Å²) in [5.41, 5.74) is 4.98. The molecule has 2 saturated heterocycles. The van der Waals surface area contributed by atoms with Crippen molar-refractivity contribution >= 4 is 5.78 Å². The summed E-state index contributed by atoms with van der Waals surface area (Å²) in [5.74, 6) is -2.61. The average Bonchev–Trinajstić information content (AvgIpc) is 2.65. The minimum absolute atomic E-state index is 0.0445. The molecule has 2 aliphatic heterocycles. The number of carbonyl (C=O) groups excluding carboxylic acids is 1. The van der Waals surface area contributed by atoms with E-state index < -0.39 is 28.8 Å². The fraction of sp³-hybridized carbons (Fsp3) is 0.850. The predicted octanol–water partition coefficient (Wildman–Crippen LogP) is 1.30. The third kappa shape index (κ3) is 1.51. The van der Waals surface area contributed by atoms with E-state index in [2.05, 4.69) is 27.4 Å². The van der Waals surface area contributed by atoms with Crippen LogP contribution in [0.15, 0.2) is 12.2 Å². The first kappa shape index (κ1) is 17.3. The number of aliphatic hydroxyl groups excluding tert-OH is 1. The minimum atomic E-state index is -2.06. The Kier molecular flexibility index (Phi) is 3.07. The van der Waals surface area contributed by atoms with Crippen LogP contribution in [0.4, 0.5) is 0 Å². The van der Waals surface area contributed by atoms with Crippen molar-refractivity contribution < 1.29 is 24.8 Å². The lowest BCUT2D eigenvalue weighted by molar-refractivity contribution is -0.466. The summed E-state index contributed by atoms with van der Waals surface area (Å²) in [6.45, 7) is 10.3. The zero-order valence-corrected chi connectivity index (χ0v) is 15.7. The molecular formula is C20H29NO5. The third-order valence-electron chi connectivity index (χ3n) is 8.82. The van der Waals surface area contributed by atoms with Crippen LogP contribution in [0.3, 0.4) is 0 Å². The lowest BCUT2D eigenvalue weighted by Gasteiger charge is -2.67. The smallest absolute Gasteiger partial charge is 0.238 e. The molecule has 144 valence electrons. The van der Waals surface area contributed by atoms with Crippen molar-refractivity contribution in [2.45, 2.75) is 70.5 Å². The molecule has 6 rings (SSSR count). The van der Waals surface area contributed by atoms with Crippen LogP contribution in [0.5, 0.6) is 0 Å². The van der Waals surface area contributed by atoms with E-state index >= 15 is 0 Å². The zero-order valence-electron chi connectivity index (χ0n) is 15.7. The third-order valence-corrected chi connectivity index (χ3v) is 8.82. The van der Waals surface area contributed by atoms with Gasteiger partial charge in [-0.25, -0.2) is 4.89 Å². The molecule has 9 atom stereocenters. The van der Waals surface area contributed by atoms with E-state index in [1.54, 1.807) is 0 Å². The number of nitrogens with two attached hydrogens (primary N) is 1. The maximum atomic E-state index is 13.4. The number of hydrogen-bond donors (Lipinski definition) is 3. The molecular weight excluding hydrogens is 334 g/mol. The number of aliphatic hydroxyl groups is 2. The van der Waals surface area contributed by atoms with Gasteiger partial charge in [-0.05, 0) is 48.5 Å². The van der Waals surface area contributed by atoms with E-state index in [0.717, 1.165) is 12.8 Å². The lowest BCUT2D eigenvalue weighted by Crippen LogP contribution is -2.76. The van der Waals surface area contributed by atoms with E-state index in [0.29, 0.717) is 18.4 Å². The van der Waals surface area contributed by atoms with Gasteiger partial charge in [-0.1, -0.05) is 27.4 Å². The maximum Gasteiger partial charge on any atom is 0.238 e. The highest BCUT2D eigenvalue weighted by atomic mass is 17.2. The summed E-state index contributed by atoms with van der Waals surface area (Å²) in [6, 6.07) is -0.284. The Hall–Kier alpha value is -0.790. The summed E-state index contributed by atoms with van der Waals surface area (Å²) >= 11 is 0. The quantitative estimate of drug-likeness (QED) is 0.443. The first-order valence-electron chi connectivity index (χ1n) is 9.76. The van der Waals surface area contributed by atoms with Crippen LogP contribution in [0, 0.1) is 34.0 Å². The van der Waals surface area contributed by atoms with Crippen LogP contribution in [-0.4, -0.2) is 40.0 Å². The highest BCUT2D eigenvalue weighted by Gasteiger charge is 2.83. The van der Waals surface area contributed by atoms with Gasteiger partial charge >= 0.3 is 0 Å². The van der Waals surface area contributed by atoms with Crippen LogP contribution in [-0.2, 0) is 14.6 Å². The first-order chi connectivity index (χ1) is 12.0. The largest absolute Gasteiger partial charge is 0.387 e. The topological polar surface area (TPSA) is 102 Å².